The predicted molar refractivity (Wildman–Crippen MR) is 216 cm³/mol. The maximum atomic E-state index is 6.60. The van der Waals surface area contributed by atoms with Crippen LogP contribution in [0.25, 0.3) is 82.2 Å². The summed E-state index contributed by atoms with van der Waals surface area (Å²) in [5, 5.41) is 3.71. The predicted octanol–water partition coefficient (Wildman–Crippen LogP) is 12.8. The molecule has 0 saturated carbocycles. The van der Waals surface area contributed by atoms with E-state index in [9.17, 15) is 0 Å². The molecule has 6 aromatic carbocycles. The summed E-state index contributed by atoms with van der Waals surface area (Å²) >= 11 is 1.84. The standard InChI is InChI=1S/C47H33N3OS/c1-28-12-6-7-15-33(28)38-26-32(23-22-29(38)2)46-48-45(30-13-4-3-5-14-30)49-47(50-46)37-18-11-20-40-44(37)43-34(17-10-19-39(43)51-40)31-24-25-36-35-16-8-9-21-41(35)52-42(36)27-31/h3-17,19-27,37H,18H2,1-2H3. The lowest BCUT2D eigenvalue weighted by Gasteiger charge is -2.20. The molecule has 1 atom stereocenters. The third-order valence-electron chi connectivity index (χ3n) is 10.4. The molecule has 3 heterocycles. The van der Waals surface area contributed by atoms with Crippen LogP contribution in [-0.2, 0) is 0 Å². The molecule has 10 rings (SSSR count). The molecule has 0 fully saturated rings. The molecular formula is C47H33N3OS. The molecule has 0 saturated heterocycles. The molecule has 1 aliphatic rings. The van der Waals surface area contributed by atoms with Crippen molar-refractivity contribution in [3.8, 4) is 45.0 Å². The molecular weight excluding hydrogens is 655 g/mol. The number of hydrogen-bond donors (Lipinski definition) is 0. The van der Waals surface area contributed by atoms with Gasteiger partial charge in [-0.15, -0.1) is 11.3 Å². The lowest BCUT2D eigenvalue weighted by Crippen LogP contribution is -2.12. The molecule has 0 spiro atoms. The fraction of sp³-hybridized carbons (Fsp3) is 0.0851. The molecule has 52 heavy (non-hydrogen) atoms. The molecule has 0 N–H and O–H groups in total. The second kappa shape index (κ2) is 12.3. The van der Waals surface area contributed by atoms with Crippen LogP contribution >= 0.6 is 11.3 Å². The van der Waals surface area contributed by atoms with Gasteiger partial charge in [-0.25, -0.2) is 15.0 Å². The number of hydrogen-bond acceptors (Lipinski definition) is 5. The highest BCUT2D eigenvalue weighted by molar-refractivity contribution is 7.25. The van der Waals surface area contributed by atoms with Crippen molar-refractivity contribution in [2.24, 2.45) is 0 Å². The highest BCUT2D eigenvalue weighted by atomic mass is 32.1. The summed E-state index contributed by atoms with van der Waals surface area (Å²) in [6, 6.07) is 47.2. The van der Waals surface area contributed by atoms with Crippen LogP contribution in [0.4, 0.5) is 0 Å². The minimum atomic E-state index is -0.124. The van der Waals surface area contributed by atoms with Crippen molar-refractivity contribution in [2.45, 2.75) is 26.2 Å². The Morgan fingerprint density at radius 1 is 0.577 bits per heavy atom. The molecule has 0 aliphatic heterocycles. The van der Waals surface area contributed by atoms with E-state index in [0.717, 1.165) is 51.2 Å². The Morgan fingerprint density at radius 2 is 1.31 bits per heavy atom. The van der Waals surface area contributed by atoms with Crippen LogP contribution in [0.2, 0.25) is 0 Å². The van der Waals surface area contributed by atoms with E-state index in [1.54, 1.807) is 0 Å². The van der Waals surface area contributed by atoms with Crippen molar-refractivity contribution in [1.82, 2.24) is 15.0 Å². The Labute approximate surface area is 305 Å². The van der Waals surface area contributed by atoms with Gasteiger partial charge in [0, 0.05) is 42.2 Å². The summed E-state index contributed by atoms with van der Waals surface area (Å²) in [4.78, 5) is 15.6. The Balaban J connectivity index is 1.16. The molecule has 0 radical (unpaired) electrons. The largest absolute Gasteiger partial charge is 0.456 e. The van der Waals surface area contributed by atoms with E-state index < -0.39 is 0 Å². The van der Waals surface area contributed by atoms with Crippen LogP contribution in [0.5, 0.6) is 0 Å². The summed E-state index contributed by atoms with van der Waals surface area (Å²) in [5.74, 6) is 2.81. The minimum Gasteiger partial charge on any atom is -0.456 e. The number of rotatable bonds is 5. The van der Waals surface area contributed by atoms with E-state index in [-0.39, 0.29) is 5.92 Å². The molecule has 1 aliphatic carbocycles. The van der Waals surface area contributed by atoms with Crippen molar-refractivity contribution < 1.29 is 4.42 Å². The van der Waals surface area contributed by atoms with Gasteiger partial charge in [0.05, 0.1) is 5.92 Å². The van der Waals surface area contributed by atoms with Crippen LogP contribution < -0.4 is 0 Å². The molecule has 248 valence electrons. The first kappa shape index (κ1) is 30.6. The highest BCUT2D eigenvalue weighted by Crippen LogP contribution is 2.46. The van der Waals surface area contributed by atoms with E-state index in [2.05, 4.69) is 141 Å². The lowest BCUT2D eigenvalue weighted by atomic mass is 9.86. The Hall–Kier alpha value is -6.17. The average molecular weight is 688 g/mol. The van der Waals surface area contributed by atoms with Gasteiger partial charge in [-0.2, -0.15) is 0 Å². The van der Waals surface area contributed by atoms with Crippen LogP contribution in [0, 0.1) is 13.8 Å². The third kappa shape index (κ3) is 5.08. The second-order valence-corrected chi connectivity index (χ2v) is 14.7. The Bertz CT molecular complexity index is 2860. The molecule has 0 bridgehead atoms. The summed E-state index contributed by atoms with van der Waals surface area (Å²) in [5.41, 5.74) is 11.1. The number of nitrogens with zero attached hydrogens (tertiary/aromatic N) is 3. The summed E-state index contributed by atoms with van der Waals surface area (Å²) in [6.07, 6.45) is 5.05. The van der Waals surface area contributed by atoms with Crippen molar-refractivity contribution in [3.05, 3.63) is 168 Å². The van der Waals surface area contributed by atoms with Gasteiger partial charge in [-0.3, -0.25) is 0 Å². The molecule has 5 heteroatoms. The zero-order valence-corrected chi connectivity index (χ0v) is 29.6. The second-order valence-electron chi connectivity index (χ2n) is 13.6. The van der Waals surface area contributed by atoms with Crippen LogP contribution in [0.1, 0.15) is 40.6 Å². The molecule has 9 aromatic rings. The van der Waals surface area contributed by atoms with Crippen molar-refractivity contribution in [3.63, 3.8) is 0 Å². The molecule has 1 unspecified atom stereocenters. The van der Waals surface area contributed by atoms with Gasteiger partial charge < -0.3 is 4.42 Å². The number of benzene rings is 6. The topological polar surface area (TPSA) is 51.8 Å². The van der Waals surface area contributed by atoms with Gasteiger partial charge in [0.1, 0.15) is 17.2 Å². The van der Waals surface area contributed by atoms with E-state index in [4.69, 9.17) is 19.4 Å². The van der Waals surface area contributed by atoms with Crippen molar-refractivity contribution >= 4 is 48.6 Å². The number of furan rings is 1. The van der Waals surface area contributed by atoms with E-state index >= 15 is 0 Å². The van der Waals surface area contributed by atoms with E-state index in [1.807, 2.05) is 29.5 Å². The average Bonchev–Trinajstić information content (AvgIpc) is 3.77. The smallest absolute Gasteiger partial charge is 0.163 e. The van der Waals surface area contributed by atoms with Crippen LogP contribution in [0.3, 0.4) is 0 Å². The van der Waals surface area contributed by atoms with E-state index in [0.29, 0.717) is 11.6 Å². The monoisotopic (exact) mass is 687 g/mol. The first-order valence-electron chi connectivity index (χ1n) is 17.7. The number of thiophene rings is 1. The minimum absolute atomic E-state index is 0.124. The van der Waals surface area contributed by atoms with Gasteiger partial charge in [0.2, 0.25) is 0 Å². The first-order chi connectivity index (χ1) is 25.6. The van der Waals surface area contributed by atoms with Gasteiger partial charge in [-0.1, -0.05) is 115 Å². The number of fused-ring (bicyclic) bond motifs is 6. The number of aryl methyl sites for hydroxylation is 2. The zero-order chi connectivity index (χ0) is 34.8. The Morgan fingerprint density at radius 3 is 2.19 bits per heavy atom. The molecule has 3 aromatic heterocycles. The van der Waals surface area contributed by atoms with Crippen molar-refractivity contribution in [2.75, 3.05) is 0 Å². The molecule has 4 nitrogen and oxygen atoms in total. The highest BCUT2D eigenvalue weighted by Gasteiger charge is 2.30. The summed E-state index contributed by atoms with van der Waals surface area (Å²) in [7, 11) is 0. The Kier molecular flexibility index (Phi) is 7.22. The number of allylic oxidation sites excluding steroid dienone is 1. The lowest BCUT2D eigenvalue weighted by molar-refractivity contribution is 0.586. The van der Waals surface area contributed by atoms with Crippen molar-refractivity contribution in [1.29, 1.82) is 0 Å². The normalized spacial score (nSPS) is 14.0. The van der Waals surface area contributed by atoms with Crippen LogP contribution in [0.15, 0.2) is 144 Å². The SMILES string of the molecule is Cc1ccccc1-c1cc(-c2nc(-c3ccccc3)nc(C3CC=Cc4oc5cccc(-c6ccc7c(c6)sc6ccccc67)c5c43)n2)ccc1C. The maximum Gasteiger partial charge on any atom is 0.163 e. The zero-order valence-electron chi connectivity index (χ0n) is 28.8. The third-order valence-corrected chi connectivity index (χ3v) is 11.5. The first-order valence-corrected chi connectivity index (χ1v) is 18.5. The summed E-state index contributed by atoms with van der Waals surface area (Å²) < 4.78 is 9.19. The fourth-order valence-corrected chi connectivity index (χ4v) is 8.92. The van der Waals surface area contributed by atoms with Gasteiger partial charge >= 0.3 is 0 Å². The fourth-order valence-electron chi connectivity index (χ4n) is 7.78. The molecule has 0 amide bonds. The number of aromatic nitrogens is 3. The van der Waals surface area contributed by atoms with Gasteiger partial charge in [0.15, 0.2) is 11.6 Å². The van der Waals surface area contributed by atoms with Crippen LogP contribution in [-0.4, -0.2) is 15.0 Å². The quantitative estimate of drug-likeness (QED) is 0.181. The summed E-state index contributed by atoms with van der Waals surface area (Å²) in [6.45, 7) is 4.32. The van der Waals surface area contributed by atoms with Gasteiger partial charge in [0.25, 0.3) is 0 Å². The van der Waals surface area contributed by atoms with Gasteiger partial charge in [-0.05, 0) is 84.0 Å². The maximum absolute atomic E-state index is 6.60. The van der Waals surface area contributed by atoms with E-state index in [1.165, 1.54) is 48.0 Å².